The van der Waals surface area contributed by atoms with E-state index in [1.807, 2.05) is 35.8 Å². The molecule has 1 aliphatic carbocycles. The minimum absolute atomic E-state index is 0.454. The maximum atomic E-state index is 9.15. The zero-order chi connectivity index (χ0) is 24.0. The van der Waals surface area contributed by atoms with E-state index in [9.17, 15) is 0 Å². The van der Waals surface area contributed by atoms with Crippen LogP contribution < -0.4 is 10.2 Å². The van der Waals surface area contributed by atoms with E-state index in [4.69, 9.17) is 10.5 Å². The van der Waals surface area contributed by atoms with Crippen molar-refractivity contribution in [2.24, 2.45) is 11.8 Å². The maximum absolute atomic E-state index is 9.15. The molecule has 3 atom stereocenters. The molecule has 178 valence electrons. The van der Waals surface area contributed by atoms with Crippen molar-refractivity contribution in [3.8, 4) is 22.6 Å². The Morgan fingerprint density at radius 3 is 2.60 bits per heavy atom. The zero-order valence-corrected chi connectivity index (χ0v) is 20.8. The zero-order valence-electron chi connectivity index (χ0n) is 20.0. The molecule has 5 nitrogen and oxygen atoms in total. The van der Waals surface area contributed by atoms with Crippen LogP contribution in [-0.4, -0.2) is 24.1 Å². The summed E-state index contributed by atoms with van der Waals surface area (Å²) in [7, 11) is 0. The molecule has 1 saturated carbocycles. The lowest BCUT2D eigenvalue weighted by Gasteiger charge is -2.39. The number of rotatable bonds is 6. The number of hydrogen-bond donors (Lipinski definition) is 1. The molecule has 5 rings (SSSR count). The first-order chi connectivity index (χ1) is 17.2. The molecule has 0 radical (unpaired) electrons. The van der Waals surface area contributed by atoms with Crippen LogP contribution in [-0.2, 0) is 0 Å². The number of aromatic nitrogens is 1. The van der Waals surface area contributed by atoms with E-state index in [-0.39, 0.29) is 0 Å². The van der Waals surface area contributed by atoms with Gasteiger partial charge in [-0.3, -0.25) is 0 Å². The van der Waals surface area contributed by atoms with Gasteiger partial charge in [0.15, 0.2) is 0 Å². The number of nitrogens with zero attached hydrogens (tertiary/aromatic N) is 4. The molecule has 3 heterocycles. The average Bonchev–Trinajstić information content (AvgIpc) is 3.40. The second kappa shape index (κ2) is 10.9. The number of pyridine rings is 1. The fraction of sp³-hybridized carbons (Fsp3) is 0.414. The van der Waals surface area contributed by atoms with Gasteiger partial charge in [-0.05, 0) is 92.0 Å². The predicted octanol–water partition coefficient (Wildman–Crippen LogP) is 6.83. The van der Waals surface area contributed by atoms with Crippen molar-refractivity contribution in [1.82, 2.24) is 4.98 Å². The first-order valence-electron chi connectivity index (χ1n) is 12.7. The number of thiophene rings is 1. The van der Waals surface area contributed by atoms with Gasteiger partial charge >= 0.3 is 0 Å². The van der Waals surface area contributed by atoms with Crippen molar-refractivity contribution in [2.75, 3.05) is 23.3 Å². The molecular weight excluding hydrogens is 450 g/mol. The van der Waals surface area contributed by atoms with Crippen LogP contribution in [0, 0.1) is 34.5 Å². The Morgan fingerprint density at radius 2 is 1.80 bits per heavy atom. The van der Waals surface area contributed by atoms with Gasteiger partial charge in [-0.1, -0.05) is 12.8 Å². The van der Waals surface area contributed by atoms with Crippen LogP contribution >= 0.6 is 11.3 Å². The second-order valence-electron chi connectivity index (χ2n) is 9.89. The van der Waals surface area contributed by atoms with Gasteiger partial charge < -0.3 is 10.2 Å². The van der Waals surface area contributed by atoms with Crippen molar-refractivity contribution < 1.29 is 0 Å². The molecule has 0 bridgehead atoms. The van der Waals surface area contributed by atoms with Crippen LogP contribution in [0.25, 0.3) is 10.4 Å². The highest BCUT2D eigenvalue weighted by atomic mass is 32.1. The van der Waals surface area contributed by atoms with Gasteiger partial charge in [-0.15, -0.1) is 11.3 Å². The molecule has 35 heavy (non-hydrogen) atoms. The summed E-state index contributed by atoms with van der Waals surface area (Å²) in [6, 6.07) is 19.1. The Kier molecular flexibility index (Phi) is 7.31. The van der Waals surface area contributed by atoms with Crippen LogP contribution in [0.5, 0.6) is 0 Å². The second-order valence-corrected chi connectivity index (χ2v) is 10.8. The molecule has 2 aliphatic rings. The van der Waals surface area contributed by atoms with Crippen molar-refractivity contribution in [3.63, 3.8) is 0 Å². The van der Waals surface area contributed by atoms with Gasteiger partial charge in [-0.2, -0.15) is 10.5 Å². The summed E-state index contributed by atoms with van der Waals surface area (Å²) >= 11 is 1.61. The normalized spacial score (nSPS) is 22.2. The predicted molar refractivity (Wildman–Crippen MR) is 142 cm³/mol. The molecule has 1 aliphatic heterocycles. The van der Waals surface area contributed by atoms with E-state index in [2.05, 4.69) is 45.5 Å². The summed E-state index contributed by atoms with van der Waals surface area (Å²) in [5.41, 5.74) is 3.79. The van der Waals surface area contributed by atoms with Gasteiger partial charge in [0.2, 0.25) is 0 Å². The van der Waals surface area contributed by atoms with Gasteiger partial charge in [0.25, 0.3) is 0 Å². The maximum Gasteiger partial charge on any atom is 0.126 e. The van der Waals surface area contributed by atoms with E-state index >= 15 is 0 Å². The quantitative estimate of drug-likeness (QED) is 0.417. The smallest absolute Gasteiger partial charge is 0.126 e. The molecule has 2 fully saturated rings. The summed E-state index contributed by atoms with van der Waals surface area (Å²) in [4.78, 5) is 8.24. The van der Waals surface area contributed by atoms with E-state index in [1.54, 1.807) is 11.3 Å². The third kappa shape index (κ3) is 5.66. The van der Waals surface area contributed by atoms with Crippen LogP contribution in [0.4, 0.5) is 11.5 Å². The summed E-state index contributed by atoms with van der Waals surface area (Å²) in [6.45, 7) is 2.20. The van der Waals surface area contributed by atoms with Crippen molar-refractivity contribution >= 4 is 22.8 Å². The minimum atomic E-state index is 0.454. The molecule has 0 unspecified atom stereocenters. The fourth-order valence-electron chi connectivity index (χ4n) is 5.75. The first kappa shape index (κ1) is 23.4. The van der Waals surface area contributed by atoms with E-state index in [0.29, 0.717) is 23.4 Å². The highest BCUT2D eigenvalue weighted by Gasteiger charge is 2.30. The van der Waals surface area contributed by atoms with Gasteiger partial charge in [0.1, 0.15) is 11.9 Å². The van der Waals surface area contributed by atoms with Crippen molar-refractivity contribution in [1.29, 1.82) is 10.5 Å². The molecule has 3 aromatic rings. The molecule has 2 aromatic heterocycles. The van der Waals surface area contributed by atoms with Crippen LogP contribution in [0.3, 0.4) is 0 Å². The largest absolute Gasteiger partial charge is 0.371 e. The summed E-state index contributed by atoms with van der Waals surface area (Å²) < 4.78 is 0. The van der Waals surface area contributed by atoms with E-state index in [1.165, 1.54) is 50.6 Å². The fourth-order valence-corrected chi connectivity index (χ4v) is 6.58. The first-order valence-corrected chi connectivity index (χ1v) is 13.6. The number of hydrogen-bond acceptors (Lipinski definition) is 6. The molecule has 6 heteroatoms. The Bertz CT molecular complexity index is 1220. The number of nitriles is 2. The molecule has 1 N–H and O–H groups in total. The van der Waals surface area contributed by atoms with E-state index in [0.717, 1.165) is 34.9 Å². The molecule has 0 spiro atoms. The SMILES string of the molecule is N#Cc1ccc(N2CCC[C@H](C[C@@H]3CCCC[C@H]3Nc3cc(-c4cc(C#N)cs4)ccn3)C2)cc1. The molecular formula is C29H31N5S. The Hall–Kier alpha value is -3.35. The molecule has 0 amide bonds. The van der Waals surface area contributed by atoms with Crippen LogP contribution in [0.1, 0.15) is 56.1 Å². The third-order valence-electron chi connectivity index (χ3n) is 7.53. The highest BCUT2D eigenvalue weighted by molar-refractivity contribution is 7.13. The highest BCUT2D eigenvalue weighted by Crippen LogP contribution is 2.36. The molecule has 1 saturated heterocycles. The van der Waals surface area contributed by atoms with Crippen LogP contribution in [0.15, 0.2) is 54.0 Å². The van der Waals surface area contributed by atoms with Crippen molar-refractivity contribution in [3.05, 3.63) is 65.2 Å². The minimum Gasteiger partial charge on any atom is -0.371 e. The van der Waals surface area contributed by atoms with Crippen LogP contribution in [0.2, 0.25) is 0 Å². The number of benzene rings is 1. The third-order valence-corrected chi connectivity index (χ3v) is 8.51. The Balaban J connectivity index is 1.24. The molecule has 1 aromatic carbocycles. The lowest BCUT2D eigenvalue weighted by atomic mass is 9.77. The van der Waals surface area contributed by atoms with Gasteiger partial charge in [-0.25, -0.2) is 4.98 Å². The Labute approximate surface area is 212 Å². The summed E-state index contributed by atoms with van der Waals surface area (Å²) in [5, 5.41) is 23.9. The Morgan fingerprint density at radius 1 is 0.971 bits per heavy atom. The number of anilines is 2. The van der Waals surface area contributed by atoms with E-state index < -0.39 is 0 Å². The van der Waals surface area contributed by atoms with Crippen molar-refractivity contribution in [2.45, 2.75) is 51.0 Å². The monoisotopic (exact) mass is 481 g/mol. The lowest BCUT2D eigenvalue weighted by Crippen LogP contribution is -2.39. The number of piperidine rings is 1. The van der Waals surface area contributed by atoms with Gasteiger partial charge in [0, 0.05) is 41.3 Å². The lowest BCUT2D eigenvalue weighted by molar-refractivity contribution is 0.247. The average molecular weight is 482 g/mol. The number of nitrogens with one attached hydrogen (secondary N) is 1. The van der Waals surface area contributed by atoms with Gasteiger partial charge in [0.05, 0.1) is 17.2 Å². The topological polar surface area (TPSA) is 75.7 Å². The standard InChI is InChI=1S/C29H31N5S/c30-17-21-7-9-26(10-8-21)34-13-3-4-22(19-34)14-24-5-1-2-6-27(24)33-29-16-25(11-12-32-29)28-15-23(18-31)20-35-28/h7-12,15-16,20,22,24,27H,1-6,13-14,19H2,(H,32,33)/t22-,24+,27-/m1/s1. The summed E-state index contributed by atoms with van der Waals surface area (Å²) in [5.74, 6) is 2.29. The summed E-state index contributed by atoms with van der Waals surface area (Å²) in [6.07, 6.45) is 10.7.